The fourth-order valence-electron chi connectivity index (χ4n) is 14.7. The highest BCUT2D eigenvalue weighted by Crippen LogP contribution is 2.77. The van der Waals surface area contributed by atoms with Crippen molar-refractivity contribution in [1.29, 1.82) is 0 Å². The first-order valence-electron chi connectivity index (χ1n) is 21.5. The number of fused-ring (bicyclic) bond motifs is 7. The Balaban J connectivity index is 1.09. The van der Waals surface area contributed by atoms with Crippen LogP contribution in [0.1, 0.15) is 133 Å². The second-order valence-electron chi connectivity index (χ2n) is 21.3. The van der Waals surface area contributed by atoms with Gasteiger partial charge in [0.25, 0.3) is 0 Å². The summed E-state index contributed by atoms with van der Waals surface area (Å²) < 4.78 is 11.9. The maximum absolute atomic E-state index is 14.0. The highest BCUT2D eigenvalue weighted by molar-refractivity contribution is 6.00. The number of hydrogen-bond donors (Lipinski definition) is 2. The first-order valence-corrected chi connectivity index (χ1v) is 21.5. The van der Waals surface area contributed by atoms with E-state index < -0.39 is 17.3 Å². The van der Waals surface area contributed by atoms with Gasteiger partial charge in [-0.3, -0.25) is 24.1 Å². The first-order chi connectivity index (χ1) is 25.2. The predicted octanol–water partition coefficient (Wildman–Crippen LogP) is 7.46. The van der Waals surface area contributed by atoms with Gasteiger partial charge in [0.2, 0.25) is 5.91 Å². The monoisotopic (exact) mass is 751 g/mol. The zero-order valence-electron chi connectivity index (χ0n) is 34.9. The van der Waals surface area contributed by atoms with E-state index in [1.54, 1.807) is 0 Å². The molecule has 6 aliphatic carbocycles. The number of Topliss-reactive ketones (excluding diaryl/α,β-unsaturated/α-hetero) is 1. The van der Waals surface area contributed by atoms with Crippen molar-refractivity contribution in [2.75, 3.05) is 39.4 Å². The van der Waals surface area contributed by atoms with E-state index in [2.05, 4.69) is 58.7 Å². The van der Waals surface area contributed by atoms with Gasteiger partial charge in [-0.1, -0.05) is 67.9 Å². The smallest absolute Gasteiger partial charge is 0.309 e. The van der Waals surface area contributed by atoms with Crippen LogP contribution in [0.4, 0.5) is 0 Å². The lowest BCUT2D eigenvalue weighted by Crippen LogP contribution is -2.66. The van der Waals surface area contributed by atoms with E-state index in [1.165, 1.54) is 5.57 Å². The summed E-state index contributed by atoms with van der Waals surface area (Å²) in [6, 6.07) is 0. The molecule has 6 fully saturated rings. The molecular weight excluding hydrogens is 681 g/mol. The fourth-order valence-corrected chi connectivity index (χ4v) is 14.7. The normalized spacial score (nSPS) is 42.6. The van der Waals surface area contributed by atoms with E-state index in [9.17, 15) is 24.3 Å². The van der Waals surface area contributed by atoms with E-state index in [-0.39, 0.29) is 56.9 Å². The van der Waals surface area contributed by atoms with Crippen LogP contribution in [0.3, 0.4) is 0 Å². The molecule has 0 aromatic heterocycles. The molecule has 2 N–H and O–H groups in total. The van der Waals surface area contributed by atoms with Gasteiger partial charge in [0, 0.05) is 36.9 Å². The molecule has 0 spiro atoms. The van der Waals surface area contributed by atoms with Crippen LogP contribution in [0.2, 0.25) is 0 Å². The Morgan fingerprint density at radius 2 is 1.57 bits per heavy atom. The van der Waals surface area contributed by atoms with Gasteiger partial charge in [-0.25, -0.2) is 0 Å². The molecule has 0 aromatic rings. The highest BCUT2D eigenvalue weighted by Gasteiger charge is 2.70. The summed E-state index contributed by atoms with van der Waals surface area (Å²) in [6.45, 7) is 24.5. The molecular formula is C45H70N2O7. The standard InChI is InChI=1S/C45H70N2O7/c1-27(2)36-31(48)25-45(18-19-46-35(49)26-47-20-22-53-23-21-47)17-16-43(8)28(37(36)45)10-11-33-42(7)14-13-34(41(5,6)32(42)12-15-44(33,43)9)54-39(52)30-24-29(38(50)51)40(30,3)4/h27-30,32-34H,10-26H2,1-9H3,(H,46,49)(H,50,51)/t28-,29+,30-,32+,33-,34+,42+,43-,44-,45-/m1/s1. The Labute approximate surface area is 324 Å². The number of nitrogens with zero attached hydrogens (tertiary/aromatic N) is 1. The van der Waals surface area contributed by atoms with Crippen LogP contribution in [0, 0.1) is 68.0 Å². The Kier molecular flexibility index (Phi) is 10.1. The van der Waals surface area contributed by atoms with E-state index >= 15 is 0 Å². The summed E-state index contributed by atoms with van der Waals surface area (Å²) in [5.41, 5.74) is 1.89. The van der Waals surface area contributed by atoms with Crippen LogP contribution in [0.15, 0.2) is 11.1 Å². The van der Waals surface area contributed by atoms with Crippen LogP contribution >= 0.6 is 0 Å². The SMILES string of the molecule is CC(C)C1=C2[C@H]3CC[C@@H]4[C@@]5(C)CC[C@H](OC(=O)[C@H]6C[C@@H](C(=O)O)C6(C)C)C(C)(C)[C@@H]5CC[C@@]4(C)[C@]3(C)CC[C@@]2(CCNC(=O)CN2CCOCC2)CC1=O. The van der Waals surface area contributed by atoms with Gasteiger partial charge in [0.05, 0.1) is 31.6 Å². The molecule has 7 aliphatic rings. The third kappa shape index (κ3) is 5.97. The van der Waals surface area contributed by atoms with Crippen molar-refractivity contribution >= 4 is 23.6 Å². The Morgan fingerprint density at radius 1 is 0.870 bits per heavy atom. The molecule has 0 bridgehead atoms. The van der Waals surface area contributed by atoms with Crippen molar-refractivity contribution in [3.05, 3.63) is 11.1 Å². The zero-order valence-corrected chi connectivity index (χ0v) is 34.9. The molecule has 1 aliphatic heterocycles. The number of aliphatic carboxylic acids is 1. The van der Waals surface area contributed by atoms with Crippen molar-refractivity contribution in [2.45, 2.75) is 139 Å². The number of nitrogens with one attached hydrogen (secondary N) is 1. The average molecular weight is 751 g/mol. The Hall–Kier alpha value is -2.26. The Bertz CT molecular complexity index is 1580. The molecule has 7 rings (SSSR count). The molecule has 302 valence electrons. The molecule has 9 heteroatoms. The largest absolute Gasteiger partial charge is 0.481 e. The van der Waals surface area contributed by atoms with E-state index in [4.69, 9.17) is 9.47 Å². The molecule has 0 unspecified atom stereocenters. The van der Waals surface area contributed by atoms with Crippen LogP contribution in [0.5, 0.6) is 0 Å². The first kappa shape index (κ1) is 40.0. The number of hydrogen-bond acceptors (Lipinski definition) is 7. The number of carbonyl (C=O) groups is 4. The molecule has 0 aromatic carbocycles. The summed E-state index contributed by atoms with van der Waals surface area (Å²) >= 11 is 0. The Morgan fingerprint density at radius 3 is 2.22 bits per heavy atom. The maximum atomic E-state index is 14.0. The number of rotatable bonds is 9. The van der Waals surface area contributed by atoms with Gasteiger partial charge >= 0.3 is 11.9 Å². The topological polar surface area (TPSA) is 122 Å². The molecule has 9 nitrogen and oxygen atoms in total. The predicted molar refractivity (Wildman–Crippen MR) is 207 cm³/mol. The van der Waals surface area contributed by atoms with Crippen molar-refractivity contribution in [2.24, 2.45) is 68.0 Å². The molecule has 1 saturated heterocycles. The van der Waals surface area contributed by atoms with Crippen LogP contribution in [-0.2, 0) is 28.7 Å². The van der Waals surface area contributed by atoms with Crippen molar-refractivity contribution in [3.63, 3.8) is 0 Å². The number of ether oxygens (including phenoxy) is 2. The van der Waals surface area contributed by atoms with Gasteiger partial charge in [-0.15, -0.1) is 0 Å². The number of carboxylic acid groups (broad SMARTS) is 1. The number of allylic oxidation sites excluding steroid dienone is 2. The number of amides is 1. The molecule has 5 saturated carbocycles. The summed E-state index contributed by atoms with van der Waals surface area (Å²) in [6.07, 6.45) is 10.1. The van der Waals surface area contributed by atoms with Gasteiger partial charge in [0.1, 0.15) is 6.10 Å². The minimum absolute atomic E-state index is 0.0665. The average Bonchev–Trinajstić information content (AvgIpc) is 3.38. The third-order valence-electron chi connectivity index (χ3n) is 18.0. The number of ketones is 1. The summed E-state index contributed by atoms with van der Waals surface area (Å²) in [5, 5.41) is 12.9. The highest BCUT2D eigenvalue weighted by atomic mass is 16.5. The lowest BCUT2D eigenvalue weighted by molar-refractivity contribution is -0.236. The number of carboxylic acids is 1. The molecule has 10 atom stereocenters. The summed E-state index contributed by atoms with van der Waals surface area (Å²) in [5.74, 6) is -0.000699. The number of carbonyl (C=O) groups excluding carboxylic acids is 3. The molecule has 54 heavy (non-hydrogen) atoms. The quantitative estimate of drug-likeness (QED) is 0.233. The second kappa shape index (κ2) is 13.7. The van der Waals surface area contributed by atoms with Crippen LogP contribution < -0.4 is 5.32 Å². The fraction of sp³-hybridized carbons (Fsp3) is 0.867. The van der Waals surface area contributed by atoms with Crippen molar-refractivity contribution < 1.29 is 33.8 Å². The van der Waals surface area contributed by atoms with Crippen molar-refractivity contribution in [3.8, 4) is 0 Å². The summed E-state index contributed by atoms with van der Waals surface area (Å²) in [4.78, 5) is 54.6. The lowest BCUT2D eigenvalue weighted by Gasteiger charge is -2.72. The van der Waals surface area contributed by atoms with Gasteiger partial charge in [0.15, 0.2) is 5.78 Å². The number of esters is 1. The summed E-state index contributed by atoms with van der Waals surface area (Å²) in [7, 11) is 0. The third-order valence-corrected chi connectivity index (χ3v) is 18.0. The van der Waals surface area contributed by atoms with Crippen LogP contribution in [0.25, 0.3) is 0 Å². The minimum Gasteiger partial charge on any atom is -0.481 e. The lowest BCUT2D eigenvalue weighted by atomic mass is 9.33. The van der Waals surface area contributed by atoms with Gasteiger partial charge in [-0.2, -0.15) is 0 Å². The maximum Gasteiger partial charge on any atom is 0.309 e. The second-order valence-corrected chi connectivity index (χ2v) is 21.3. The van der Waals surface area contributed by atoms with E-state index in [0.717, 1.165) is 76.5 Å². The van der Waals surface area contributed by atoms with Crippen LogP contribution in [-0.4, -0.2) is 79.1 Å². The molecule has 1 heterocycles. The number of morpholine rings is 1. The van der Waals surface area contributed by atoms with Gasteiger partial charge in [-0.05, 0) is 115 Å². The van der Waals surface area contributed by atoms with Crippen molar-refractivity contribution in [1.82, 2.24) is 10.2 Å². The molecule has 0 radical (unpaired) electrons. The minimum atomic E-state index is -0.824. The van der Waals surface area contributed by atoms with E-state index in [1.807, 2.05) is 13.8 Å². The van der Waals surface area contributed by atoms with Gasteiger partial charge < -0.3 is 19.9 Å². The van der Waals surface area contributed by atoms with E-state index in [0.29, 0.717) is 62.7 Å². The molecule has 1 amide bonds. The zero-order chi connectivity index (χ0) is 39.2.